The topological polar surface area (TPSA) is 241 Å². The highest BCUT2D eigenvalue weighted by Gasteiger charge is 2.76. The van der Waals surface area contributed by atoms with Gasteiger partial charge in [0.05, 0.1) is 24.2 Å². The van der Waals surface area contributed by atoms with Crippen molar-refractivity contribution in [1.29, 1.82) is 0 Å². The number of Topliss-reactive ketones (excluding diaryl/α,β-unsaturated/α-hetero) is 1. The Hall–Kier alpha value is -4.12. The monoisotopic (exact) mass is 727 g/mol. The molecular weight excluding hydrogens is 686 g/mol. The van der Waals surface area contributed by atoms with E-state index in [9.17, 15) is 49.3 Å². The second-order valence-electron chi connectivity index (χ2n) is 13.8. The number of rotatable bonds is 16. The van der Waals surface area contributed by atoms with Gasteiger partial charge in [-0.25, -0.2) is 0 Å². The molecule has 2 N–H and O–H groups in total. The molecule has 0 aromatic carbocycles. The molecule has 50 heavy (non-hydrogen) atoms. The summed E-state index contributed by atoms with van der Waals surface area (Å²) < 4.78 is 11.3. The van der Waals surface area contributed by atoms with E-state index in [1.807, 2.05) is 6.92 Å². The fourth-order valence-corrected chi connectivity index (χ4v) is 9.44. The van der Waals surface area contributed by atoms with Crippen LogP contribution in [-0.2, 0) is 43.1 Å². The molecule has 3 fully saturated rings. The number of allylic oxidation sites excluding steroid dienone is 4. The summed E-state index contributed by atoms with van der Waals surface area (Å²) in [5.74, 6) is -4.75. The van der Waals surface area contributed by atoms with E-state index in [1.54, 1.807) is 26.0 Å². The fraction of sp³-hybridized carbons (Fsp3) is 0.719. The summed E-state index contributed by atoms with van der Waals surface area (Å²) in [7, 11) is 0. The van der Waals surface area contributed by atoms with Gasteiger partial charge < -0.3 is 29.6 Å². The Morgan fingerprint density at radius 3 is 2.32 bits per heavy atom. The summed E-state index contributed by atoms with van der Waals surface area (Å²) in [6.07, 6.45) is 4.20. The van der Waals surface area contributed by atoms with Crippen molar-refractivity contribution in [1.82, 2.24) is 5.32 Å². The summed E-state index contributed by atoms with van der Waals surface area (Å²) in [5, 5.41) is 33.1. The van der Waals surface area contributed by atoms with Gasteiger partial charge in [-0.15, -0.1) is 31.8 Å². The Balaban J connectivity index is 1.56. The van der Waals surface area contributed by atoms with Crippen molar-refractivity contribution in [3.63, 3.8) is 0 Å². The lowest BCUT2D eigenvalue weighted by atomic mass is 9.45. The molecule has 3 saturated carbocycles. The summed E-state index contributed by atoms with van der Waals surface area (Å²) in [6, 6.07) is 0. The van der Waals surface area contributed by atoms with Gasteiger partial charge in [0.2, 0.25) is 11.7 Å². The molecule has 276 valence electrons. The van der Waals surface area contributed by atoms with Crippen molar-refractivity contribution in [2.45, 2.75) is 88.7 Å². The number of hydrogen-bond donors (Lipinski definition) is 2. The average Bonchev–Trinajstić information content (AvgIpc) is 3.26. The van der Waals surface area contributed by atoms with Crippen LogP contribution in [0.25, 0.3) is 0 Å². The van der Waals surface area contributed by atoms with Crippen LogP contribution in [0.3, 0.4) is 0 Å². The predicted molar refractivity (Wildman–Crippen MR) is 170 cm³/mol. The van der Waals surface area contributed by atoms with Crippen LogP contribution in [0.1, 0.15) is 72.1 Å². The first-order valence-electron chi connectivity index (χ1n) is 16.5. The van der Waals surface area contributed by atoms with E-state index in [0.717, 1.165) is 5.57 Å². The molecule has 1 amide bonds. The largest absolute Gasteiger partial charge is 0.456 e. The van der Waals surface area contributed by atoms with E-state index in [-0.39, 0.29) is 57.0 Å². The molecule has 0 bridgehead atoms. The minimum Gasteiger partial charge on any atom is -0.456 e. The van der Waals surface area contributed by atoms with Crippen LogP contribution in [0.5, 0.6) is 0 Å². The van der Waals surface area contributed by atoms with Gasteiger partial charge in [-0.2, -0.15) is 0 Å². The minimum atomic E-state index is -1.91. The molecule has 18 heteroatoms. The van der Waals surface area contributed by atoms with Crippen LogP contribution < -0.4 is 5.32 Å². The lowest BCUT2D eigenvalue weighted by molar-refractivity contribution is -0.757. The van der Waals surface area contributed by atoms with Gasteiger partial charge in [0, 0.05) is 29.6 Å². The highest BCUT2D eigenvalue weighted by atomic mass is 35.5. The van der Waals surface area contributed by atoms with Crippen LogP contribution in [0.4, 0.5) is 0 Å². The van der Waals surface area contributed by atoms with Crippen molar-refractivity contribution < 1.29 is 58.4 Å². The number of alkyl halides is 1. The number of carbonyl (C=O) groups is 5. The van der Waals surface area contributed by atoms with E-state index in [1.165, 1.54) is 6.08 Å². The first-order chi connectivity index (χ1) is 23.4. The SMILES string of the molecule is C[C@H]1CC2C3CCC4=CC(=O)C=C[C@]4(C)[C@@]3(Cl)[C@@H](O)C[C@]2(C)[C@@]1(OC(=O)CCCO[N+](=O)[O-])C(=O)COC(=O)CNC(=O)CCCO[N+](=O)[O-]. The minimum absolute atomic E-state index is 0.0195. The van der Waals surface area contributed by atoms with E-state index in [4.69, 9.17) is 21.1 Å². The summed E-state index contributed by atoms with van der Waals surface area (Å²) >= 11 is 7.52. The van der Waals surface area contributed by atoms with Gasteiger partial charge in [0.15, 0.2) is 18.0 Å². The number of aliphatic hydroxyl groups excluding tert-OH is 1. The lowest BCUT2D eigenvalue weighted by Crippen LogP contribution is -2.69. The predicted octanol–water partition coefficient (Wildman–Crippen LogP) is 2.36. The van der Waals surface area contributed by atoms with Crippen LogP contribution in [0, 0.1) is 48.8 Å². The summed E-state index contributed by atoms with van der Waals surface area (Å²) in [4.78, 5) is 92.5. The maximum absolute atomic E-state index is 14.3. The zero-order valence-electron chi connectivity index (χ0n) is 28.1. The van der Waals surface area contributed by atoms with E-state index in [0.29, 0.717) is 19.3 Å². The number of carbonyl (C=O) groups excluding carboxylic acids is 5. The molecule has 2 unspecified atom stereocenters. The molecule has 0 aromatic heterocycles. The maximum atomic E-state index is 14.3. The van der Waals surface area contributed by atoms with Gasteiger partial charge in [-0.05, 0) is 62.5 Å². The summed E-state index contributed by atoms with van der Waals surface area (Å²) in [5.41, 5.74) is -3.19. The molecule has 0 saturated heterocycles. The first kappa shape index (κ1) is 38.7. The molecular formula is C32H42ClN3O14. The molecule has 4 aliphatic carbocycles. The summed E-state index contributed by atoms with van der Waals surface area (Å²) in [6.45, 7) is 3.22. The lowest BCUT2D eigenvalue weighted by Gasteiger charge is -2.64. The van der Waals surface area contributed by atoms with E-state index >= 15 is 0 Å². The van der Waals surface area contributed by atoms with Crippen LogP contribution in [0.2, 0.25) is 0 Å². The number of nitrogens with one attached hydrogen (secondary N) is 1. The highest BCUT2D eigenvalue weighted by Crippen LogP contribution is 2.72. The van der Waals surface area contributed by atoms with Crippen LogP contribution >= 0.6 is 11.6 Å². The molecule has 0 radical (unpaired) electrons. The standard InChI is InChI=1S/C32H42ClN3O14/c1-19-14-23-22-9-8-20-15-21(37)10-11-29(20,2)31(22,33)24(38)16-30(23,3)32(19,50-27(41)7-5-13-49-36(45)46)25(39)18-47-28(42)17-34-26(40)6-4-12-48-35(43)44/h10-11,15,19,22-24,38H,4-9,12-14,16-18H2,1-3H3,(H,34,40)/t19-,22?,23?,24-,29-,30-,31-,32-/m0/s1. The number of aliphatic hydroxyl groups is 1. The second-order valence-corrected chi connectivity index (χ2v) is 14.4. The number of esters is 2. The zero-order chi connectivity index (χ0) is 37.1. The normalized spacial score (nSPS) is 33.9. The Morgan fingerprint density at radius 2 is 1.68 bits per heavy atom. The molecule has 17 nitrogen and oxygen atoms in total. The van der Waals surface area contributed by atoms with Crippen molar-refractivity contribution >= 4 is 41.0 Å². The number of halogens is 1. The Morgan fingerprint density at radius 1 is 1.04 bits per heavy atom. The van der Waals surface area contributed by atoms with Gasteiger partial charge in [0.25, 0.3) is 10.2 Å². The molecule has 0 aromatic rings. The first-order valence-corrected chi connectivity index (χ1v) is 16.8. The van der Waals surface area contributed by atoms with E-state index < -0.39 is 86.2 Å². The van der Waals surface area contributed by atoms with Crippen molar-refractivity contribution in [2.75, 3.05) is 26.4 Å². The Labute approximate surface area is 292 Å². The highest BCUT2D eigenvalue weighted by molar-refractivity contribution is 6.26. The fourth-order valence-electron chi connectivity index (χ4n) is 8.92. The number of fused-ring (bicyclic) bond motifs is 5. The zero-order valence-corrected chi connectivity index (χ0v) is 28.8. The number of ether oxygens (including phenoxy) is 2. The van der Waals surface area contributed by atoms with Gasteiger partial charge in [-0.3, -0.25) is 24.0 Å². The van der Waals surface area contributed by atoms with Crippen molar-refractivity contribution in [3.05, 3.63) is 44.0 Å². The molecule has 0 aliphatic heterocycles. The number of ketones is 2. The van der Waals surface area contributed by atoms with Gasteiger partial charge >= 0.3 is 11.9 Å². The molecule has 0 spiro atoms. The molecule has 8 atom stereocenters. The van der Waals surface area contributed by atoms with E-state index in [2.05, 4.69) is 15.0 Å². The van der Waals surface area contributed by atoms with Crippen LogP contribution in [-0.4, -0.2) is 87.6 Å². The second kappa shape index (κ2) is 15.0. The van der Waals surface area contributed by atoms with Crippen molar-refractivity contribution in [3.8, 4) is 0 Å². The molecule has 4 rings (SSSR count). The Bertz CT molecular complexity index is 1490. The van der Waals surface area contributed by atoms with Crippen molar-refractivity contribution in [2.24, 2.45) is 28.6 Å². The molecule has 0 heterocycles. The van der Waals surface area contributed by atoms with Gasteiger partial charge in [-0.1, -0.05) is 32.4 Å². The van der Waals surface area contributed by atoms with Crippen LogP contribution in [0.15, 0.2) is 23.8 Å². The maximum Gasteiger partial charge on any atom is 0.325 e. The average molecular weight is 728 g/mol. The van der Waals surface area contributed by atoms with Gasteiger partial charge in [0.1, 0.15) is 6.54 Å². The third kappa shape index (κ3) is 7.06. The molecule has 4 aliphatic rings. The smallest absolute Gasteiger partial charge is 0.325 e. The number of nitrogens with zero attached hydrogens (tertiary/aromatic N) is 2. The Kier molecular flexibility index (Phi) is 11.6. The number of amides is 1. The third-order valence-electron chi connectivity index (χ3n) is 11.1. The quantitative estimate of drug-likeness (QED) is 0.0763. The number of hydrogen-bond acceptors (Lipinski definition) is 14. The third-order valence-corrected chi connectivity index (χ3v) is 12.1.